The van der Waals surface area contributed by atoms with Crippen LogP contribution in [0.15, 0.2) is 24.3 Å². The molecule has 1 heterocycles. The zero-order chi connectivity index (χ0) is 14.9. The van der Waals surface area contributed by atoms with Gasteiger partial charge in [-0.3, -0.25) is 4.79 Å². The number of halogens is 1. The molecule has 3 rings (SSSR count). The average molecular weight is 311 g/mol. The van der Waals surface area contributed by atoms with Gasteiger partial charge in [-0.2, -0.15) is 0 Å². The Morgan fingerprint density at radius 2 is 1.95 bits per heavy atom. The number of ether oxygens (including phenoxy) is 3. The molecule has 21 heavy (non-hydrogen) atoms. The number of methoxy groups -OCH3 is 1. The number of esters is 1. The molecule has 1 aliphatic carbocycles. The van der Waals surface area contributed by atoms with Gasteiger partial charge < -0.3 is 14.2 Å². The van der Waals surface area contributed by atoms with Crippen LogP contribution >= 0.6 is 11.6 Å². The van der Waals surface area contributed by atoms with Gasteiger partial charge in [-0.1, -0.05) is 23.7 Å². The predicted octanol–water partition coefficient (Wildman–Crippen LogP) is 3.14. The zero-order valence-electron chi connectivity index (χ0n) is 12.0. The van der Waals surface area contributed by atoms with Crippen LogP contribution in [-0.4, -0.2) is 32.1 Å². The van der Waals surface area contributed by atoms with Crippen LogP contribution in [0.1, 0.15) is 30.7 Å². The maximum atomic E-state index is 12.2. The van der Waals surface area contributed by atoms with Gasteiger partial charge in [0, 0.05) is 17.9 Å². The lowest BCUT2D eigenvalue weighted by molar-refractivity contribution is -0.197. The van der Waals surface area contributed by atoms with Crippen molar-refractivity contribution in [3.05, 3.63) is 34.9 Å². The van der Waals surface area contributed by atoms with E-state index in [9.17, 15) is 4.79 Å². The summed E-state index contributed by atoms with van der Waals surface area (Å²) in [5, 5.41) is 0.697. The molecule has 0 unspecified atom stereocenters. The molecule has 1 spiro atoms. The molecule has 114 valence electrons. The third kappa shape index (κ3) is 2.93. The first kappa shape index (κ1) is 14.8. The van der Waals surface area contributed by atoms with E-state index in [0.717, 1.165) is 18.4 Å². The quantitative estimate of drug-likeness (QED) is 0.787. The van der Waals surface area contributed by atoms with Crippen molar-refractivity contribution in [1.82, 2.24) is 0 Å². The van der Waals surface area contributed by atoms with Gasteiger partial charge in [0.15, 0.2) is 5.79 Å². The second-order valence-corrected chi connectivity index (χ2v) is 6.07. The molecule has 1 aromatic rings. The third-order valence-corrected chi connectivity index (χ3v) is 4.72. The molecule has 1 aromatic carbocycles. The molecule has 1 saturated carbocycles. The number of hydrogen-bond donors (Lipinski definition) is 0. The molecular formula is C16H19ClO4. The second-order valence-electron chi connectivity index (χ2n) is 5.64. The highest BCUT2D eigenvalue weighted by Crippen LogP contribution is 2.46. The fraction of sp³-hybridized carbons (Fsp3) is 0.562. The van der Waals surface area contributed by atoms with Crippen molar-refractivity contribution in [1.29, 1.82) is 0 Å². The van der Waals surface area contributed by atoms with Gasteiger partial charge >= 0.3 is 5.97 Å². The molecular weight excluding hydrogens is 292 g/mol. The highest BCUT2D eigenvalue weighted by molar-refractivity contribution is 6.30. The summed E-state index contributed by atoms with van der Waals surface area (Å²) in [5.74, 6) is -0.925. The van der Waals surface area contributed by atoms with E-state index in [-0.39, 0.29) is 17.8 Å². The van der Waals surface area contributed by atoms with Gasteiger partial charge in [0.2, 0.25) is 0 Å². The van der Waals surface area contributed by atoms with Crippen molar-refractivity contribution in [2.45, 2.75) is 31.0 Å². The van der Waals surface area contributed by atoms with Crippen LogP contribution in [0.5, 0.6) is 0 Å². The molecule has 1 saturated heterocycles. The lowest BCUT2D eigenvalue weighted by Gasteiger charge is -2.40. The van der Waals surface area contributed by atoms with E-state index in [4.69, 9.17) is 25.8 Å². The summed E-state index contributed by atoms with van der Waals surface area (Å²) >= 11 is 5.94. The molecule has 0 aromatic heterocycles. The Morgan fingerprint density at radius 3 is 2.57 bits per heavy atom. The van der Waals surface area contributed by atoms with Crippen molar-refractivity contribution >= 4 is 17.6 Å². The maximum Gasteiger partial charge on any atom is 0.309 e. The number of hydrogen-bond acceptors (Lipinski definition) is 4. The summed E-state index contributed by atoms with van der Waals surface area (Å²) in [5.41, 5.74) is 1.11. The molecule has 0 bridgehead atoms. The van der Waals surface area contributed by atoms with Crippen LogP contribution in [0.25, 0.3) is 0 Å². The third-order valence-electron chi connectivity index (χ3n) is 4.47. The van der Waals surface area contributed by atoms with Gasteiger partial charge in [-0.15, -0.1) is 0 Å². The lowest BCUT2D eigenvalue weighted by Crippen LogP contribution is -2.42. The number of carbonyl (C=O) groups excluding carboxylic acids is 1. The van der Waals surface area contributed by atoms with Gasteiger partial charge in [0.05, 0.1) is 26.2 Å². The highest BCUT2D eigenvalue weighted by atomic mass is 35.5. The lowest BCUT2D eigenvalue weighted by atomic mass is 9.73. The summed E-state index contributed by atoms with van der Waals surface area (Å²) < 4.78 is 16.5. The predicted molar refractivity (Wildman–Crippen MR) is 78.2 cm³/mol. The topological polar surface area (TPSA) is 44.8 Å². The molecule has 0 radical (unpaired) electrons. The fourth-order valence-electron chi connectivity index (χ4n) is 3.42. The first-order valence-electron chi connectivity index (χ1n) is 7.25. The Morgan fingerprint density at radius 1 is 1.29 bits per heavy atom. The molecule has 0 amide bonds. The number of rotatable bonds is 2. The second kappa shape index (κ2) is 5.95. The fourth-order valence-corrected chi connectivity index (χ4v) is 3.55. The van der Waals surface area contributed by atoms with Crippen molar-refractivity contribution in [3.8, 4) is 0 Å². The number of carbonyl (C=O) groups is 1. The summed E-state index contributed by atoms with van der Waals surface area (Å²) in [4.78, 5) is 12.2. The summed E-state index contributed by atoms with van der Waals surface area (Å²) in [7, 11) is 1.43. The Balaban J connectivity index is 1.85. The van der Waals surface area contributed by atoms with E-state index in [2.05, 4.69) is 0 Å². The standard InChI is InChI=1S/C16H19ClO4/c1-19-15(18)14-10-16(20-8-9-21-16)7-6-13(14)11-2-4-12(17)5-3-11/h2-5,13-14H,6-10H2,1H3/t13-,14+/m0/s1. The van der Waals surface area contributed by atoms with Crippen LogP contribution in [0, 0.1) is 5.92 Å². The first-order valence-corrected chi connectivity index (χ1v) is 7.62. The Hall–Kier alpha value is -1.10. The van der Waals surface area contributed by atoms with Gasteiger partial charge in [-0.05, 0) is 30.0 Å². The van der Waals surface area contributed by atoms with Gasteiger partial charge in [0.25, 0.3) is 0 Å². The highest BCUT2D eigenvalue weighted by Gasteiger charge is 2.48. The SMILES string of the molecule is COC(=O)[C@@H]1CC2(CC[C@H]1c1ccc(Cl)cc1)OCCO2. The minimum absolute atomic E-state index is 0.119. The van der Waals surface area contributed by atoms with E-state index >= 15 is 0 Å². The first-order chi connectivity index (χ1) is 10.1. The molecule has 1 aliphatic heterocycles. The van der Waals surface area contributed by atoms with E-state index in [1.165, 1.54) is 7.11 Å². The Labute approximate surface area is 129 Å². The average Bonchev–Trinajstić information content (AvgIpc) is 2.95. The Bertz CT molecular complexity index is 508. The van der Waals surface area contributed by atoms with Crippen LogP contribution in [0.3, 0.4) is 0 Å². The molecule has 5 heteroatoms. The molecule has 2 aliphatic rings. The van der Waals surface area contributed by atoms with Gasteiger partial charge in [0.1, 0.15) is 0 Å². The summed E-state index contributed by atoms with van der Waals surface area (Å²) in [6.07, 6.45) is 2.18. The molecule has 2 atom stereocenters. The normalized spacial score (nSPS) is 27.7. The van der Waals surface area contributed by atoms with E-state index in [1.807, 2.05) is 24.3 Å². The summed E-state index contributed by atoms with van der Waals surface area (Å²) in [6, 6.07) is 7.69. The largest absolute Gasteiger partial charge is 0.469 e. The van der Waals surface area contributed by atoms with Crippen molar-refractivity contribution in [2.75, 3.05) is 20.3 Å². The van der Waals surface area contributed by atoms with Gasteiger partial charge in [-0.25, -0.2) is 0 Å². The minimum Gasteiger partial charge on any atom is -0.469 e. The van der Waals surface area contributed by atoms with Crippen LogP contribution in [0.2, 0.25) is 5.02 Å². The van der Waals surface area contributed by atoms with Crippen molar-refractivity contribution < 1.29 is 19.0 Å². The van der Waals surface area contributed by atoms with Crippen LogP contribution in [0.4, 0.5) is 0 Å². The zero-order valence-corrected chi connectivity index (χ0v) is 12.8. The van der Waals surface area contributed by atoms with Crippen LogP contribution < -0.4 is 0 Å². The van der Waals surface area contributed by atoms with Crippen LogP contribution in [-0.2, 0) is 19.0 Å². The summed E-state index contributed by atoms with van der Waals surface area (Å²) in [6.45, 7) is 1.19. The smallest absolute Gasteiger partial charge is 0.309 e. The molecule has 2 fully saturated rings. The van der Waals surface area contributed by atoms with Crippen molar-refractivity contribution in [2.24, 2.45) is 5.92 Å². The minimum atomic E-state index is -0.595. The molecule has 0 N–H and O–H groups in total. The van der Waals surface area contributed by atoms with Crippen molar-refractivity contribution in [3.63, 3.8) is 0 Å². The monoisotopic (exact) mass is 310 g/mol. The van der Waals surface area contributed by atoms with E-state index in [1.54, 1.807) is 0 Å². The maximum absolute atomic E-state index is 12.2. The molecule has 4 nitrogen and oxygen atoms in total. The van der Waals surface area contributed by atoms with E-state index in [0.29, 0.717) is 24.7 Å². The number of benzene rings is 1. The Kier molecular flexibility index (Phi) is 4.20. The van der Waals surface area contributed by atoms with E-state index < -0.39 is 5.79 Å².